The summed E-state index contributed by atoms with van der Waals surface area (Å²) in [5.74, 6) is 0.0765. The van der Waals surface area contributed by atoms with Crippen molar-refractivity contribution in [2.75, 3.05) is 13.1 Å². The molecule has 1 fully saturated rings. The van der Waals surface area contributed by atoms with Gasteiger partial charge in [-0.15, -0.1) is 0 Å². The van der Waals surface area contributed by atoms with E-state index < -0.39 is 0 Å². The van der Waals surface area contributed by atoms with E-state index in [9.17, 15) is 4.79 Å². The molecule has 2 rings (SSSR count). The molecule has 2 atom stereocenters. The fourth-order valence-electron chi connectivity index (χ4n) is 2.32. The summed E-state index contributed by atoms with van der Waals surface area (Å²) in [6, 6.07) is 5.85. The Morgan fingerprint density at radius 1 is 1.33 bits per heavy atom. The third kappa shape index (κ3) is 2.93. The number of aryl methyl sites for hydroxylation is 1. The minimum absolute atomic E-state index is 0.0765. The van der Waals surface area contributed by atoms with Crippen molar-refractivity contribution in [1.82, 2.24) is 4.90 Å². The van der Waals surface area contributed by atoms with E-state index in [0.29, 0.717) is 13.1 Å². The molecule has 0 bridgehead atoms. The van der Waals surface area contributed by atoms with Crippen LogP contribution in [0.25, 0.3) is 0 Å². The number of nitrogens with zero attached hydrogens (tertiary/aromatic N) is 1. The number of amides is 1. The third-order valence-electron chi connectivity index (χ3n) is 3.06. The molecule has 1 amide bonds. The maximum Gasteiger partial charge on any atom is 0.255 e. The molecule has 98 valence electrons. The second-order valence-corrected chi connectivity index (χ2v) is 5.81. The van der Waals surface area contributed by atoms with Crippen LogP contribution < -0.4 is 0 Å². The Balaban J connectivity index is 2.22. The highest BCUT2D eigenvalue weighted by atomic mass is 79.9. The van der Waals surface area contributed by atoms with Gasteiger partial charge in [-0.3, -0.25) is 4.79 Å². The summed E-state index contributed by atoms with van der Waals surface area (Å²) in [6.07, 6.45) is 0.197. The van der Waals surface area contributed by atoms with Crippen LogP contribution in [0.2, 0.25) is 0 Å². The van der Waals surface area contributed by atoms with Crippen LogP contribution >= 0.6 is 15.9 Å². The lowest BCUT2D eigenvalue weighted by molar-refractivity contribution is -0.0586. The minimum atomic E-state index is 0.0765. The SMILES string of the molecule is Cc1ccc(Br)c(C(=O)N2CC(C)OC(C)C2)c1. The Bertz CT molecular complexity index is 451. The summed E-state index contributed by atoms with van der Waals surface area (Å²) >= 11 is 3.45. The molecule has 0 spiro atoms. The lowest BCUT2D eigenvalue weighted by Crippen LogP contribution is -2.48. The van der Waals surface area contributed by atoms with Crippen molar-refractivity contribution >= 4 is 21.8 Å². The van der Waals surface area contributed by atoms with Gasteiger partial charge in [0.25, 0.3) is 5.91 Å². The number of rotatable bonds is 1. The Morgan fingerprint density at radius 2 is 1.94 bits per heavy atom. The van der Waals surface area contributed by atoms with Gasteiger partial charge in [0.2, 0.25) is 0 Å². The van der Waals surface area contributed by atoms with Gasteiger partial charge in [-0.05, 0) is 48.8 Å². The van der Waals surface area contributed by atoms with Crippen molar-refractivity contribution in [2.24, 2.45) is 0 Å². The average Bonchev–Trinajstić information content (AvgIpc) is 2.30. The van der Waals surface area contributed by atoms with Crippen LogP contribution in [-0.2, 0) is 4.74 Å². The Hall–Kier alpha value is -0.870. The van der Waals surface area contributed by atoms with Gasteiger partial charge in [0.05, 0.1) is 17.8 Å². The van der Waals surface area contributed by atoms with E-state index in [4.69, 9.17) is 4.74 Å². The number of ether oxygens (including phenoxy) is 1. The monoisotopic (exact) mass is 311 g/mol. The highest BCUT2D eigenvalue weighted by Crippen LogP contribution is 2.22. The van der Waals surface area contributed by atoms with E-state index >= 15 is 0 Å². The molecule has 18 heavy (non-hydrogen) atoms. The number of morpholine rings is 1. The van der Waals surface area contributed by atoms with Crippen LogP contribution in [0.3, 0.4) is 0 Å². The fourth-order valence-corrected chi connectivity index (χ4v) is 2.73. The molecule has 1 heterocycles. The number of halogens is 1. The molecular formula is C14H18BrNO2. The predicted octanol–water partition coefficient (Wildman–Crippen LogP) is 3.01. The standard InChI is InChI=1S/C14H18BrNO2/c1-9-4-5-13(15)12(6-9)14(17)16-7-10(2)18-11(3)8-16/h4-6,10-11H,7-8H2,1-3H3. The topological polar surface area (TPSA) is 29.5 Å². The maximum absolute atomic E-state index is 12.5. The van der Waals surface area contributed by atoms with Crippen LogP contribution in [0.1, 0.15) is 29.8 Å². The molecule has 0 N–H and O–H groups in total. The zero-order chi connectivity index (χ0) is 13.3. The van der Waals surface area contributed by atoms with Gasteiger partial charge in [0.1, 0.15) is 0 Å². The van der Waals surface area contributed by atoms with Gasteiger partial charge in [-0.2, -0.15) is 0 Å². The van der Waals surface area contributed by atoms with Crippen molar-refractivity contribution in [1.29, 1.82) is 0 Å². The highest BCUT2D eigenvalue weighted by Gasteiger charge is 2.27. The lowest BCUT2D eigenvalue weighted by atomic mass is 10.1. The zero-order valence-electron chi connectivity index (χ0n) is 10.9. The summed E-state index contributed by atoms with van der Waals surface area (Å²) in [4.78, 5) is 14.4. The Kier molecular flexibility index (Phi) is 4.07. The van der Waals surface area contributed by atoms with Crippen molar-refractivity contribution in [3.8, 4) is 0 Å². The van der Waals surface area contributed by atoms with E-state index in [1.165, 1.54) is 0 Å². The molecule has 0 radical (unpaired) electrons. The van der Waals surface area contributed by atoms with Crippen LogP contribution in [0.5, 0.6) is 0 Å². The molecule has 3 nitrogen and oxygen atoms in total. The van der Waals surface area contributed by atoms with E-state index in [1.54, 1.807) is 0 Å². The van der Waals surface area contributed by atoms with Crippen LogP contribution in [0.15, 0.2) is 22.7 Å². The molecule has 0 saturated carbocycles. The number of hydrogen-bond donors (Lipinski definition) is 0. The van der Waals surface area contributed by atoms with Crippen LogP contribution in [0, 0.1) is 6.92 Å². The predicted molar refractivity (Wildman–Crippen MR) is 74.8 cm³/mol. The summed E-state index contributed by atoms with van der Waals surface area (Å²) in [5, 5.41) is 0. The second-order valence-electron chi connectivity index (χ2n) is 4.95. The van der Waals surface area contributed by atoms with E-state index in [-0.39, 0.29) is 18.1 Å². The fraction of sp³-hybridized carbons (Fsp3) is 0.500. The molecular weight excluding hydrogens is 294 g/mol. The molecule has 1 aliphatic heterocycles. The molecule has 1 aromatic carbocycles. The summed E-state index contributed by atoms with van der Waals surface area (Å²) in [7, 11) is 0. The van der Waals surface area contributed by atoms with Crippen molar-refractivity contribution in [3.63, 3.8) is 0 Å². The maximum atomic E-state index is 12.5. The number of hydrogen-bond acceptors (Lipinski definition) is 2. The largest absolute Gasteiger partial charge is 0.372 e. The van der Waals surface area contributed by atoms with Crippen molar-refractivity contribution < 1.29 is 9.53 Å². The quantitative estimate of drug-likeness (QED) is 0.798. The zero-order valence-corrected chi connectivity index (χ0v) is 12.5. The van der Waals surface area contributed by atoms with Crippen LogP contribution in [-0.4, -0.2) is 36.1 Å². The molecule has 1 aromatic rings. The van der Waals surface area contributed by atoms with Gasteiger partial charge in [0.15, 0.2) is 0 Å². The molecule has 1 saturated heterocycles. The molecule has 1 aliphatic rings. The first kappa shape index (κ1) is 13.6. The number of carbonyl (C=O) groups is 1. The lowest BCUT2D eigenvalue weighted by Gasteiger charge is -2.35. The first-order valence-corrected chi connectivity index (χ1v) is 6.97. The van der Waals surface area contributed by atoms with Gasteiger partial charge in [-0.25, -0.2) is 0 Å². The first-order valence-electron chi connectivity index (χ1n) is 6.18. The van der Waals surface area contributed by atoms with Crippen molar-refractivity contribution in [3.05, 3.63) is 33.8 Å². The van der Waals surface area contributed by atoms with Gasteiger partial charge < -0.3 is 9.64 Å². The van der Waals surface area contributed by atoms with Gasteiger partial charge in [0, 0.05) is 17.6 Å². The Labute approximate surface area is 116 Å². The van der Waals surface area contributed by atoms with Gasteiger partial charge >= 0.3 is 0 Å². The third-order valence-corrected chi connectivity index (χ3v) is 3.75. The van der Waals surface area contributed by atoms with E-state index in [1.807, 2.05) is 43.9 Å². The molecule has 4 heteroatoms. The molecule has 0 aliphatic carbocycles. The number of carbonyl (C=O) groups excluding carboxylic acids is 1. The van der Waals surface area contributed by atoms with E-state index in [0.717, 1.165) is 15.6 Å². The average molecular weight is 312 g/mol. The smallest absolute Gasteiger partial charge is 0.255 e. The second kappa shape index (κ2) is 5.41. The molecule has 0 aromatic heterocycles. The highest BCUT2D eigenvalue weighted by molar-refractivity contribution is 9.10. The van der Waals surface area contributed by atoms with Crippen molar-refractivity contribution in [2.45, 2.75) is 33.0 Å². The molecule has 2 unspecified atom stereocenters. The van der Waals surface area contributed by atoms with Gasteiger partial charge in [-0.1, -0.05) is 11.6 Å². The Morgan fingerprint density at radius 3 is 2.56 bits per heavy atom. The first-order chi connectivity index (χ1) is 8.47. The summed E-state index contributed by atoms with van der Waals surface area (Å²) in [5.41, 5.74) is 1.83. The summed E-state index contributed by atoms with van der Waals surface area (Å²) in [6.45, 7) is 7.31. The van der Waals surface area contributed by atoms with E-state index in [2.05, 4.69) is 15.9 Å². The van der Waals surface area contributed by atoms with Crippen LogP contribution in [0.4, 0.5) is 0 Å². The summed E-state index contributed by atoms with van der Waals surface area (Å²) < 4.78 is 6.50. The normalized spacial score (nSPS) is 24.1. The number of benzene rings is 1. The minimum Gasteiger partial charge on any atom is -0.372 e.